The van der Waals surface area contributed by atoms with E-state index in [2.05, 4.69) is 17.2 Å². The van der Waals surface area contributed by atoms with E-state index >= 15 is 0 Å². The van der Waals surface area contributed by atoms with E-state index in [1.807, 2.05) is 73.3 Å². The van der Waals surface area contributed by atoms with Crippen LogP contribution >= 0.6 is 11.6 Å². The summed E-state index contributed by atoms with van der Waals surface area (Å²) in [5.41, 5.74) is 2.64. The van der Waals surface area contributed by atoms with Crippen molar-refractivity contribution in [3.05, 3.63) is 97.4 Å². The Morgan fingerprint density at radius 1 is 1.06 bits per heavy atom. The van der Waals surface area contributed by atoms with Gasteiger partial charge >= 0.3 is 5.69 Å². The average molecular weight is 489 g/mol. The second-order valence-corrected chi connectivity index (χ2v) is 8.79. The van der Waals surface area contributed by atoms with E-state index in [1.54, 1.807) is 0 Å². The van der Waals surface area contributed by atoms with Crippen LogP contribution in [-0.2, 0) is 31.9 Å². The van der Waals surface area contributed by atoms with Crippen molar-refractivity contribution in [2.45, 2.75) is 26.3 Å². The van der Waals surface area contributed by atoms with Crippen LogP contribution in [0.25, 0.3) is 10.9 Å². The molecule has 0 fully saturated rings. The van der Waals surface area contributed by atoms with Gasteiger partial charge in [0.1, 0.15) is 10.8 Å². The van der Waals surface area contributed by atoms with Crippen LogP contribution < -0.4 is 16.6 Å². The number of nitrogens with one attached hydrogen (secondary N) is 1. The van der Waals surface area contributed by atoms with Crippen molar-refractivity contribution in [3.63, 3.8) is 0 Å². The summed E-state index contributed by atoms with van der Waals surface area (Å²) >= 11 is 6.40. The number of hydrogen-bond donors (Lipinski definition) is 1. The number of anilines is 1. The van der Waals surface area contributed by atoms with Gasteiger partial charge in [-0.2, -0.15) is 0 Å². The molecule has 2 aromatic carbocycles. The van der Waals surface area contributed by atoms with Gasteiger partial charge in [0.05, 0.1) is 6.54 Å². The fraction of sp³-hybridized carbons (Fsp3) is 0.222. The van der Waals surface area contributed by atoms with Gasteiger partial charge in [-0.25, -0.2) is 4.79 Å². The predicted octanol–water partition coefficient (Wildman–Crippen LogP) is 3.62. The Hall–Kier alpha value is -4.02. The minimum atomic E-state index is -0.664. The summed E-state index contributed by atoms with van der Waals surface area (Å²) in [6, 6.07) is 15.7. The molecule has 0 unspecified atom stereocenters. The van der Waals surface area contributed by atoms with E-state index < -0.39 is 11.2 Å². The summed E-state index contributed by atoms with van der Waals surface area (Å²) < 4.78 is 4.11. The lowest BCUT2D eigenvalue weighted by Gasteiger charge is -2.13. The predicted molar refractivity (Wildman–Crippen MR) is 139 cm³/mol. The summed E-state index contributed by atoms with van der Waals surface area (Å²) in [5, 5.41) is 3.50. The SMILES string of the molecule is Cc1ccc(CCC(=O)Nc2c(Cl)n(CC#Cc3ccc4c(ccn4C)c3)c(=O)n(C)c2=O)cc1. The first-order valence-electron chi connectivity index (χ1n) is 11.1. The van der Waals surface area contributed by atoms with Crippen LogP contribution in [0.2, 0.25) is 5.15 Å². The van der Waals surface area contributed by atoms with Gasteiger partial charge < -0.3 is 9.88 Å². The first-order chi connectivity index (χ1) is 16.7. The number of carbonyl (C=O) groups is 1. The number of benzene rings is 2. The Morgan fingerprint density at radius 3 is 2.54 bits per heavy atom. The number of hydrogen-bond acceptors (Lipinski definition) is 3. The van der Waals surface area contributed by atoms with Crippen LogP contribution in [0, 0.1) is 18.8 Å². The number of aromatic nitrogens is 3. The molecule has 0 saturated heterocycles. The Balaban J connectivity index is 1.53. The van der Waals surface area contributed by atoms with Crippen molar-refractivity contribution in [3.8, 4) is 11.8 Å². The number of amides is 1. The number of halogens is 1. The Morgan fingerprint density at radius 2 is 1.80 bits per heavy atom. The molecule has 2 heterocycles. The third-order valence-corrected chi connectivity index (χ3v) is 6.25. The molecular formula is C27H25ClN4O3. The molecule has 7 nitrogen and oxygen atoms in total. The lowest BCUT2D eigenvalue weighted by molar-refractivity contribution is -0.116. The van der Waals surface area contributed by atoms with Crippen molar-refractivity contribution in [1.29, 1.82) is 0 Å². The maximum Gasteiger partial charge on any atom is 0.332 e. The normalized spacial score (nSPS) is 10.7. The van der Waals surface area contributed by atoms with E-state index in [4.69, 9.17) is 11.6 Å². The average Bonchev–Trinajstić information content (AvgIpc) is 3.22. The molecule has 0 atom stereocenters. The summed E-state index contributed by atoms with van der Waals surface area (Å²) in [7, 11) is 3.32. The van der Waals surface area contributed by atoms with Crippen LogP contribution in [0.3, 0.4) is 0 Å². The lowest BCUT2D eigenvalue weighted by atomic mass is 10.1. The topological polar surface area (TPSA) is 78.0 Å². The summed E-state index contributed by atoms with van der Waals surface area (Å²) in [4.78, 5) is 37.8. The first kappa shape index (κ1) is 24.1. The third kappa shape index (κ3) is 5.23. The molecule has 1 N–H and O–H groups in total. The molecule has 4 rings (SSSR count). The third-order valence-electron chi connectivity index (χ3n) is 5.86. The minimum absolute atomic E-state index is 0.0369. The van der Waals surface area contributed by atoms with Gasteiger partial charge in [-0.15, -0.1) is 0 Å². The zero-order valence-corrected chi connectivity index (χ0v) is 20.5. The van der Waals surface area contributed by atoms with Crippen molar-refractivity contribution in [1.82, 2.24) is 13.7 Å². The standard InChI is InChI=1S/C27H25ClN4O3/c1-18-6-8-19(9-7-18)11-13-23(33)29-24-25(28)32(27(35)31(3)26(24)34)15-4-5-20-10-12-22-21(17-20)14-16-30(22)2/h6-10,12,14,16-17H,11,13,15H2,1-3H3,(H,29,33). The molecule has 0 bridgehead atoms. The highest BCUT2D eigenvalue weighted by Gasteiger charge is 2.17. The molecule has 0 radical (unpaired) electrons. The van der Waals surface area contributed by atoms with E-state index in [0.717, 1.165) is 32.2 Å². The van der Waals surface area contributed by atoms with Gasteiger partial charge in [-0.3, -0.25) is 18.7 Å². The molecule has 4 aromatic rings. The molecule has 1 amide bonds. The highest BCUT2D eigenvalue weighted by Crippen LogP contribution is 2.17. The summed E-state index contributed by atoms with van der Waals surface area (Å²) in [6.07, 6.45) is 2.66. The number of nitrogens with zero attached hydrogens (tertiary/aromatic N) is 3. The molecule has 0 aliphatic heterocycles. The highest BCUT2D eigenvalue weighted by molar-refractivity contribution is 6.32. The highest BCUT2D eigenvalue weighted by atomic mass is 35.5. The van der Waals surface area contributed by atoms with Crippen LogP contribution in [-0.4, -0.2) is 19.6 Å². The molecule has 0 aliphatic rings. The van der Waals surface area contributed by atoms with Gasteiger partial charge in [0.25, 0.3) is 5.56 Å². The monoisotopic (exact) mass is 488 g/mol. The second-order valence-electron chi connectivity index (χ2n) is 8.43. The number of fused-ring (bicyclic) bond motifs is 1. The molecule has 2 aromatic heterocycles. The lowest BCUT2D eigenvalue weighted by Crippen LogP contribution is -2.40. The zero-order chi connectivity index (χ0) is 25.1. The molecular weight excluding hydrogens is 464 g/mol. The molecule has 0 saturated carbocycles. The molecule has 8 heteroatoms. The quantitative estimate of drug-likeness (QED) is 0.344. The van der Waals surface area contributed by atoms with E-state index in [1.165, 1.54) is 11.6 Å². The summed E-state index contributed by atoms with van der Waals surface area (Å²) in [6.45, 7) is 1.96. The molecule has 0 spiro atoms. The van der Waals surface area contributed by atoms with Crippen LogP contribution in [0.5, 0.6) is 0 Å². The van der Waals surface area contributed by atoms with Crippen molar-refractivity contribution >= 4 is 34.1 Å². The largest absolute Gasteiger partial charge is 0.351 e. The number of aryl methyl sites for hydroxylation is 3. The maximum absolute atomic E-state index is 12.7. The van der Waals surface area contributed by atoms with E-state index in [9.17, 15) is 14.4 Å². The Bertz CT molecular complexity index is 1600. The molecule has 178 valence electrons. The zero-order valence-electron chi connectivity index (χ0n) is 19.8. The van der Waals surface area contributed by atoms with Crippen molar-refractivity contribution in [2.24, 2.45) is 14.1 Å². The van der Waals surface area contributed by atoms with Gasteiger partial charge in [0, 0.05) is 43.2 Å². The maximum atomic E-state index is 12.7. The van der Waals surface area contributed by atoms with E-state index in [-0.39, 0.29) is 29.7 Å². The molecule has 35 heavy (non-hydrogen) atoms. The first-order valence-corrected chi connectivity index (χ1v) is 11.5. The second kappa shape index (κ2) is 10.1. The van der Waals surface area contributed by atoms with Crippen LogP contribution in [0.4, 0.5) is 5.69 Å². The smallest absolute Gasteiger partial charge is 0.332 e. The molecule has 0 aliphatic carbocycles. The van der Waals surface area contributed by atoms with Crippen LogP contribution in [0.1, 0.15) is 23.1 Å². The van der Waals surface area contributed by atoms with Crippen molar-refractivity contribution < 1.29 is 4.79 Å². The van der Waals surface area contributed by atoms with Gasteiger partial charge in [0.2, 0.25) is 5.91 Å². The van der Waals surface area contributed by atoms with Gasteiger partial charge in [-0.05, 0) is 43.2 Å². The fourth-order valence-electron chi connectivity index (χ4n) is 3.78. The van der Waals surface area contributed by atoms with Gasteiger partial charge in [0.15, 0.2) is 0 Å². The number of carbonyl (C=O) groups excluding carboxylic acids is 1. The Kier molecular flexibility index (Phi) is 6.94. The number of rotatable bonds is 5. The Labute approximate surface area is 207 Å². The minimum Gasteiger partial charge on any atom is -0.351 e. The van der Waals surface area contributed by atoms with Crippen molar-refractivity contribution in [2.75, 3.05) is 5.32 Å². The summed E-state index contributed by atoms with van der Waals surface area (Å²) in [5.74, 6) is 5.61. The van der Waals surface area contributed by atoms with Gasteiger partial charge in [-0.1, -0.05) is 53.3 Å². The van der Waals surface area contributed by atoms with E-state index in [0.29, 0.717) is 6.42 Å². The van der Waals surface area contributed by atoms with Crippen LogP contribution in [0.15, 0.2) is 64.3 Å². The fourth-order valence-corrected chi connectivity index (χ4v) is 4.04.